The molecule has 0 unspecified atom stereocenters. The second kappa shape index (κ2) is 6.52. The average molecular weight is 309 g/mol. The zero-order valence-electron chi connectivity index (χ0n) is 13.0. The minimum absolute atomic E-state index is 0.308. The van der Waals surface area contributed by atoms with E-state index < -0.39 is 0 Å². The van der Waals surface area contributed by atoms with Crippen LogP contribution in [-0.2, 0) is 6.42 Å². The Kier molecular flexibility index (Phi) is 4.28. The van der Waals surface area contributed by atoms with Crippen molar-refractivity contribution in [2.24, 2.45) is 0 Å². The Bertz CT molecular complexity index is 822. The van der Waals surface area contributed by atoms with E-state index in [-0.39, 0.29) is 5.82 Å². The lowest BCUT2D eigenvalue weighted by molar-refractivity contribution is 0.456. The van der Waals surface area contributed by atoms with Crippen molar-refractivity contribution in [3.63, 3.8) is 0 Å². The number of ether oxygens (including phenoxy) is 1. The second-order valence-corrected chi connectivity index (χ2v) is 5.10. The molecule has 4 nitrogen and oxygen atoms in total. The fraction of sp³-hybridized carbons (Fsp3) is 0.167. The van der Waals surface area contributed by atoms with Gasteiger partial charge in [-0.3, -0.25) is 4.98 Å². The van der Waals surface area contributed by atoms with E-state index in [2.05, 4.69) is 15.0 Å². The van der Waals surface area contributed by atoms with Crippen molar-refractivity contribution >= 4 is 0 Å². The van der Waals surface area contributed by atoms with Crippen molar-refractivity contribution in [3.05, 3.63) is 65.7 Å². The van der Waals surface area contributed by atoms with E-state index in [1.54, 1.807) is 31.3 Å². The minimum Gasteiger partial charge on any atom is -0.439 e. The van der Waals surface area contributed by atoms with E-state index in [9.17, 15) is 4.39 Å². The number of nitrogens with zero attached hydrogens (tertiary/aromatic N) is 3. The highest BCUT2D eigenvalue weighted by Crippen LogP contribution is 2.24. The van der Waals surface area contributed by atoms with Gasteiger partial charge in [0.05, 0.1) is 0 Å². The molecule has 3 aromatic rings. The lowest BCUT2D eigenvalue weighted by Crippen LogP contribution is -1.99. The lowest BCUT2D eigenvalue weighted by atomic mass is 10.2. The van der Waals surface area contributed by atoms with Crippen LogP contribution in [0.3, 0.4) is 0 Å². The third-order valence-corrected chi connectivity index (χ3v) is 3.38. The number of aryl methyl sites for hydroxylation is 2. The first-order valence-corrected chi connectivity index (χ1v) is 7.39. The maximum atomic E-state index is 13.6. The molecule has 0 spiro atoms. The van der Waals surface area contributed by atoms with Crippen molar-refractivity contribution in [2.45, 2.75) is 20.3 Å². The Hall–Kier alpha value is -2.82. The van der Waals surface area contributed by atoms with Crippen LogP contribution in [0.2, 0.25) is 0 Å². The number of aromatic nitrogens is 3. The van der Waals surface area contributed by atoms with Crippen LogP contribution < -0.4 is 4.74 Å². The molecular formula is C18H16FN3O. The van der Waals surface area contributed by atoms with Crippen LogP contribution in [0.25, 0.3) is 11.5 Å². The van der Waals surface area contributed by atoms with Gasteiger partial charge in [-0.2, -0.15) is 4.98 Å². The van der Waals surface area contributed by atoms with Gasteiger partial charge in [-0.25, -0.2) is 9.37 Å². The number of rotatable bonds is 4. The first-order chi connectivity index (χ1) is 11.2. The Morgan fingerprint density at radius 3 is 2.65 bits per heavy atom. The Balaban J connectivity index is 1.97. The standard InChI is InChI=1S/C18H16FN3O/c1-3-13-10-17(23-14-8-7-12(2)15(19)11-14)22-18(21-13)16-6-4-5-9-20-16/h4-11H,3H2,1-2H3. The van der Waals surface area contributed by atoms with Crippen LogP contribution in [0.5, 0.6) is 11.6 Å². The monoisotopic (exact) mass is 309 g/mol. The molecule has 0 bridgehead atoms. The number of benzene rings is 1. The van der Waals surface area contributed by atoms with E-state index in [0.717, 1.165) is 12.1 Å². The smallest absolute Gasteiger partial charge is 0.223 e. The third kappa shape index (κ3) is 3.51. The van der Waals surface area contributed by atoms with Gasteiger partial charge in [0.1, 0.15) is 17.3 Å². The average Bonchev–Trinajstić information content (AvgIpc) is 2.58. The number of pyridine rings is 1. The van der Waals surface area contributed by atoms with Crippen LogP contribution in [0, 0.1) is 12.7 Å². The summed E-state index contributed by atoms with van der Waals surface area (Å²) in [6, 6.07) is 12.0. The normalized spacial score (nSPS) is 10.6. The highest BCUT2D eigenvalue weighted by molar-refractivity contribution is 5.50. The van der Waals surface area contributed by atoms with Crippen molar-refractivity contribution < 1.29 is 9.13 Å². The molecule has 23 heavy (non-hydrogen) atoms. The summed E-state index contributed by atoms with van der Waals surface area (Å²) in [4.78, 5) is 13.1. The topological polar surface area (TPSA) is 47.9 Å². The molecule has 0 saturated heterocycles. The maximum absolute atomic E-state index is 13.6. The predicted molar refractivity (Wildman–Crippen MR) is 85.9 cm³/mol. The molecule has 3 rings (SSSR count). The van der Waals surface area contributed by atoms with Gasteiger partial charge < -0.3 is 4.74 Å². The van der Waals surface area contributed by atoms with E-state index in [4.69, 9.17) is 4.74 Å². The van der Waals surface area contributed by atoms with Crippen molar-refractivity contribution in [1.29, 1.82) is 0 Å². The minimum atomic E-state index is -0.308. The van der Waals surface area contributed by atoms with Gasteiger partial charge in [0.2, 0.25) is 5.88 Å². The molecular weight excluding hydrogens is 293 g/mol. The Morgan fingerprint density at radius 1 is 1.09 bits per heavy atom. The quantitative estimate of drug-likeness (QED) is 0.719. The van der Waals surface area contributed by atoms with Crippen LogP contribution >= 0.6 is 0 Å². The van der Waals surface area contributed by atoms with Crippen LogP contribution in [-0.4, -0.2) is 15.0 Å². The molecule has 0 aliphatic rings. The summed E-state index contributed by atoms with van der Waals surface area (Å²) in [6.45, 7) is 3.71. The number of hydrogen-bond donors (Lipinski definition) is 0. The molecule has 1 aromatic carbocycles. The van der Waals surface area contributed by atoms with Gasteiger partial charge in [0.25, 0.3) is 0 Å². The highest BCUT2D eigenvalue weighted by atomic mass is 19.1. The Labute approximate surface area is 134 Å². The molecule has 0 atom stereocenters. The molecule has 0 aliphatic carbocycles. The molecule has 0 aliphatic heterocycles. The van der Waals surface area contributed by atoms with E-state index in [0.29, 0.717) is 28.7 Å². The molecule has 0 saturated carbocycles. The molecule has 2 aromatic heterocycles. The van der Waals surface area contributed by atoms with E-state index in [1.165, 1.54) is 6.07 Å². The van der Waals surface area contributed by atoms with Gasteiger partial charge in [0.15, 0.2) is 5.82 Å². The van der Waals surface area contributed by atoms with E-state index in [1.807, 2.05) is 25.1 Å². The fourth-order valence-corrected chi connectivity index (χ4v) is 2.07. The molecule has 0 radical (unpaired) electrons. The Morgan fingerprint density at radius 2 is 1.96 bits per heavy atom. The zero-order chi connectivity index (χ0) is 16.2. The first-order valence-electron chi connectivity index (χ1n) is 7.39. The van der Waals surface area contributed by atoms with Crippen molar-refractivity contribution in [3.8, 4) is 23.1 Å². The van der Waals surface area contributed by atoms with E-state index >= 15 is 0 Å². The van der Waals surface area contributed by atoms with Gasteiger partial charge in [0, 0.05) is 24.0 Å². The number of halogens is 1. The summed E-state index contributed by atoms with van der Waals surface area (Å²) >= 11 is 0. The SMILES string of the molecule is CCc1cc(Oc2ccc(C)c(F)c2)nc(-c2ccccn2)n1. The molecule has 116 valence electrons. The summed E-state index contributed by atoms with van der Waals surface area (Å²) < 4.78 is 19.3. The molecule has 0 fully saturated rings. The first kappa shape index (κ1) is 15.1. The highest BCUT2D eigenvalue weighted by Gasteiger charge is 2.09. The van der Waals surface area contributed by atoms with Crippen LogP contribution in [0.4, 0.5) is 4.39 Å². The number of hydrogen-bond acceptors (Lipinski definition) is 4. The fourth-order valence-electron chi connectivity index (χ4n) is 2.07. The van der Waals surface area contributed by atoms with Gasteiger partial charge in [-0.05, 0) is 37.1 Å². The lowest BCUT2D eigenvalue weighted by Gasteiger charge is -2.09. The zero-order valence-corrected chi connectivity index (χ0v) is 13.0. The predicted octanol–water partition coefficient (Wildman–Crippen LogP) is 4.34. The summed E-state index contributed by atoms with van der Waals surface area (Å²) in [6.07, 6.45) is 2.42. The summed E-state index contributed by atoms with van der Waals surface area (Å²) in [5, 5.41) is 0. The molecule has 0 amide bonds. The molecule has 0 N–H and O–H groups in total. The largest absolute Gasteiger partial charge is 0.439 e. The summed E-state index contributed by atoms with van der Waals surface area (Å²) in [5.74, 6) is 0.964. The summed E-state index contributed by atoms with van der Waals surface area (Å²) in [5.41, 5.74) is 2.08. The van der Waals surface area contributed by atoms with Gasteiger partial charge >= 0.3 is 0 Å². The van der Waals surface area contributed by atoms with Gasteiger partial charge in [-0.15, -0.1) is 0 Å². The second-order valence-electron chi connectivity index (χ2n) is 5.10. The van der Waals surface area contributed by atoms with Gasteiger partial charge in [-0.1, -0.05) is 19.1 Å². The third-order valence-electron chi connectivity index (χ3n) is 3.38. The van der Waals surface area contributed by atoms with Crippen molar-refractivity contribution in [2.75, 3.05) is 0 Å². The molecule has 5 heteroatoms. The molecule has 2 heterocycles. The van der Waals surface area contributed by atoms with Crippen LogP contribution in [0.1, 0.15) is 18.2 Å². The summed E-state index contributed by atoms with van der Waals surface area (Å²) in [7, 11) is 0. The maximum Gasteiger partial charge on any atom is 0.223 e. The van der Waals surface area contributed by atoms with Crippen LogP contribution in [0.15, 0.2) is 48.7 Å². The van der Waals surface area contributed by atoms with Crippen molar-refractivity contribution in [1.82, 2.24) is 15.0 Å².